The molecule has 2 heterocycles. The highest BCUT2D eigenvalue weighted by Crippen LogP contribution is 2.35. The predicted molar refractivity (Wildman–Crippen MR) is 149 cm³/mol. The number of carboxylic acid groups (broad SMARTS) is 1. The van der Waals surface area contributed by atoms with Crippen LogP contribution in [-0.2, 0) is 27.4 Å². The molecule has 0 spiro atoms. The van der Waals surface area contributed by atoms with Crippen molar-refractivity contribution in [2.75, 3.05) is 20.8 Å². The van der Waals surface area contributed by atoms with Crippen LogP contribution in [0.25, 0.3) is 28.4 Å². The third-order valence-corrected chi connectivity index (χ3v) is 7.20. The molecule has 0 saturated heterocycles. The van der Waals surface area contributed by atoms with Gasteiger partial charge < -0.3 is 28.5 Å². The molecule has 0 bridgehead atoms. The van der Waals surface area contributed by atoms with Crippen molar-refractivity contribution < 1.29 is 28.9 Å². The van der Waals surface area contributed by atoms with Crippen molar-refractivity contribution in [1.82, 2.24) is 19.3 Å². The number of aliphatic carboxylic acids is 1. The number of carbonyl (C=O) groups excluding carboxylic acids is 1. The molecule has 2 aromatic heterocycles. The number of aromatic nitrogens is 4. The molecule has 0 saturated carbocycles. The molecule has 0 fully saturated rings. The highest BCUT2D eigenvalue weighted by Gasteiger charge is 2.22. The number of nitrogens with zero attached hydrogens (tertiary/aromatic N) is 4. The van der Waals surface area contributed by atoms with Gasteiger partial charge in [0.15, 0.2) is 11.0 Å². The van der Waals surface area contributed by atoms with Crippen molar-refractivity contribution in [2.24, 2.45) is 0 Å². The lowest BCUT2D eigenvalue weighted by Gasteiger charge is -2.10. The van der Waals surface area contributed by atoms with Crippen LogP contribution in [0.5, 0.6) is 11.5 Å². The van der Waals surface area contributed by atoms with E-state index in [1.807, 2.05) is 59.4 Å². The monoisotopic (exact) mass is 550 g/mol. The topological polar surface area (TPSA) is 118 Å². The van der Waals surface area contributed by atoms with Crippen LogP contribution < -0.4 is 9.47 Å². The number of fused-ring (bicyclic) bond motifs is 1. The van der Waals surface area contributed by atoms with Gasteiger partial charge in [0, 0.05) is 40.3 Å². The Bertz CT molecular complexity index is 1530. The average Bonchev–Trinajstić information content (AvgIpc) is 3.46. The second-order valence-corrected chi connectivity index (χ2v) is 9.48. The van der Waals surface area contributed by atoms with Crippen LogP contribution in [0.2, 0.25) is 0 Å². The van der Waals surface area contributed by atoms with Gasteiger partial charge in [-0.2, -0.15) is 0 Å². The Labute approximate surface area is 230 Å². The van der Waals surface area contributed by atoms with Gasteiger partial charge in [-0.1, -0.05) is 18.2 Å². The number of carbonyl (C=O) groups is 2. The zero-order chi connectivity index (χ0) is 28.1. The van der Waals surface area contributed by atoms with Gasteiger partial charge in [0.05, 0.1) is 20.8 Å². The van der Waals surface area contributed by atoms with Crippen molar-refractivity contribution >= 4 is 40.7 Å². The first kappa shape index (κ1) is 27.8. The van der Waals surface area contributed by atoms with Gasteiger partial charge in [-0.25, -0.2) is 4.79 Å². The summed E-state index contributed by atoms with van der Waals surface area (Å²) in [5.74, 6) is 0.304. The molecule has 2 aromatic carbocycles. The van der Waals surface area contributed by atoms with Crippen molar-refractivity contribution in [3.63, 3.8) is 0 Å². The van der Waals surface area contributed by atoms with E-state index in [0.29, 0.717) is 34.6 Å². The summed E-state index contributed by atoms with van der Waals surface area (Å²) in [5, 5.41) is 20.1. The first-order chi connectivity index (χ1) is 18.8. The third-order valence-electron chi connectivity index (χ3n) is 6.20. The Hall–Kier alpha value is -4.25. The van der Waals surface area contributed by atoms with Crippen LogP contribution in [-0.4, -0.2) is 57.2 Å². The SMILES string of the molecule is CCOC(=O)Cn1c(C)c(/C=C(\Sc2nnc(-c3cc(OC)cc(OC)c3)n2CC)C(=O)O)c2ccccc21. The Morgan fingerprint density at radius 2 is 1.72 bits per heavy atom. The fourth-order valence-corrected chi connectivity index (χ4v) is 5.21. The molecule has 0 aliphatic heterocycles. The summed E-state index contributed by atoms with van der Waals surface area (Å²) >= 11 is 1.01. The van der Waals surface area contributed by atoms with Crippen molar-refractivity contribution in [2.45, 2.75) is 39.0 Å². The third kappa shape index (κ3) is 5.78. The Balaban J connectivity index is 1.77. The van der Waals surface area contributed by atoms with Gasteiger partial charge in [-0.05, 0) is 56.8 Å². The number of hydrogen-bond donors (Lipinski definition) is 1. The number of benzene rings is 2. The average molecular weight is 551 g/mol. The van der Waals surface area contributed by atoms with Crippen LogP contribution in [0.1, 0.15) is 25.1 Å². The summed E-state index contributed by atoms with van der Waals surface area (Å²) in [4.78, 5) is 24.7. The fraction of sp³-hybridized carbons (Fsp3) is 0.286. The van der Waals surface area contributed by atoms with Gasteiger partial charge >= 0.3 is 11.9 Å². The molecule has 0 unspecified atom stereocenters. The molecule has 0 aliphatic rings. The van der Waals surface area contributed by atoms with Crippen molar-refractivity contribution in [3.05, 3.63) is 58.6 Å². The van der Waals surface area contributed by atoms with Crippen LogP contribution in [0, 0.1) is 6.92 Å². The van der Waals surface area contributed by atoms with Gasteiger partial charge in [0.25, 0.3) is 0 Å². The maximum Gasteiger partial charge on any atom is 0.342 e. The first-order valence-corrected chi connectivity index (χ1v) is 13.2. The Morgan fingerprint density at radius 3 is 2.33 bits per heavy atom. The van der Waals surface area contributed by atoms with E-state index < -0.39 is 5.97 Å². The minimum atomic E-state index is -1.10. The number of methoxy groups -OCH3 is 2. The molecule has 1 N–H and O–H groups in total. The lowest BCUT2D eigenvalue weighted by Crippen LogP contribution is -2.14. The minimum absolute atomic E-state index is 0.0289. The maximum absolute atomic E-state index is 12.4. The molecule has 0 radical (unpaired) electrons. The summed E-state index contributed by atoms with van der Waals surface area (Å²) in [6, 6.07) is 13.0. The van der Waals surface area contributed by atoms with Crippen LogP contribution in [0.4, 0.5) is 0 Å². The van der Waals surface area contributed by atoms with Crippen molar-refractivity contribution in [1.29, 1.82) is 0 Å². The van der Waals surface area contributed by atoms with Crippen LogP contribution >= 0.6 is 11.8 Å². The lowest BCUT2D eigenvalue weighted by molar-refractivity contribution is -0.143. The molecular weight excluding hydrogens is 520 g/mol. The van der Waals surface area contributed by atoms with Gasteiger partial charge in [0.1, 0.15) is 22.9 Å². The van der Waals surface area contributed by atoms with Gasteiger partial charge in [-0.3, -0.25) is 4.79 Å². The summed E-state index contributed by atoms with van der Waals surface area (Å²) < 4.78 is 19.6. The van der Waals surface area contributed by atoms with Gasteiger partial charge in [0.2, 0.25) is 0 Å². The molecule has 4 rings (SSSR count). The van der Waals surface area contributed by atoms with E-state index in [1.54, 1.807) is 33.3 Å². The van der Waals surface area contributed by atoms with Crippen LogP contribution in [0.3, 0.4) is 0 Å². The highest BCUT2D eigenvalue weighted by atomic mass is 32.2. The summed E-state index contributed by atoms with van der Waals surface area (Å²) in [5.41, 5.74) is 3.01. The van der Waals surface area contributed by atoms with E-state index in [0.717, 1.165) is 33.9 Å². The normalized spacial score (nSPS) is 11.6. The highest BCUT2D eigenvalue weighted by molar-refractivity contribution is 8.04. The fourth-order valence-electron chi connectivity index (χ4n) is 4.34. The molecular formula is C28H30N4O6S. The number of hydrogen-bond acceptors (Lipinski definition) is 8. The molecule has 4 aromatic rings. The molecule has 0 aliphatic carbocycles. The van der Waals surface area contributed by atoms with E-state index in [-0.39, 0.29) is 24.0 Å². The van der Waals surface area contributed by atoms with E-state index in [2.05, 4.69) is 10.2 Å². The summed E-state index contributed by atoms with van der Waals surface area (Å²) in [6.45, 7) is 6.38. The molecule has 39 heavy (non-hydrogen) atoms. The summed E-state index contributed by atoms with van der Waals surface area (Å²) in [6.07, 6.45) is 1.62. The second-order valence-electron chi connectivity index (χ2n) is 8.47. The Kier molecular flexibility index (Phi) is 8.60. The lowest BCUT2D eigenvalue weighted by atomic mass is 10.1. The van der Waals surface area contributed by atoms with E-state index in [4.69, 9.17) is 14.2 Å². The standard InChI is InChI=1S/C28H30N4O6S/c1-6-31-26(18-12-19(36-4)14-20(13-18)37-5)29-30-28(31)39-24(27(34)35)15-22-17(3)32(16-25(33)38-7-2)23-11-9-8-10-21(22)23/h8-15H,6-7,16H2,1-5H3,(H,34,35)/b24-15-. The molecule has 10 nitrogen and oxygen atoms in total. The first-order valence-electron chi connectivity index (χ1n) is 12.3. The number of ether oxygens (including phenoxy) is 3. The van der Waals surface area contributed by atoms with Crippen LogP contribution in [0.15, 0.2) is 52.5 Å². The summed E-state index contributed by atoms with van der Waals surface area (Å²) in [7, 11) is 3.14. The Morgan fingerprint density at radius 1 is 1.03 bits per heavy atom. The molecule has 0 atom stereocenters. The number of para-hydroxylation sites is 1. The molecule has 204 valence electrons. The van der Waals surface area contributed by atoms with Gasteiger partial charge in [-0.15, -0.1) is 10.2 Å². The molecule has 0 amide bonds. The van der Waals surface area contributed by atoms with Crippen molar-refractivity contribution in [3.8, 4) is 22.9 Å². The second kappa shape index (κ2) is 12.1. The molecule has 11 heteroatoms. The smallest absolute Gasteiger partial charge is 0.342 e. The quantitative estimate of drug-likeness (QED) is 0.156. The maximum atomic E-state index is 12.4. The number of rotatable bonds is 11. The number of thioether (sulfide) groups is 1. The minimum Gasteiger partial charge on any atom is -0.497 e. The number of carboxylic acids is 1. The zero-order valence-electron chi connectivity index (χ0n) is 22.4. The van der Waals surface area contributed by atoms with E-state index in [9.17, 15) is 14.7 Å². The zero-order valence-corrected chi connectivity index (χ0v) is 23.2. The van der Waals surface area contributed by atoms with E-state index >= 15 is 0 Å². The largest absolute Gasteiger partial charge is 0.497 e. The number of esters is 1. The predicted octanol–water partition coefficient (Wildman–Crippen LogP) is 5.03. The van der Waals surface area contributed by atoms with E-state index in [1.165, 1.54) is 0 Å².